The minimum atomic E-state index is -1.24. The van der Waals surface area contributed by atoms with Crippen LogP contribution >= 0.6 is 0 Å². The highest BCUT2D eigenvalue weighted by Gasteiger charge is 2.71. The van der Waals surface area contributed by atoms with Crippen molar-refractivity contribution in [1.82, 2.24) is 10.7 Å². The molecule has 222 valence electrons. The van der Waals surface area contributed by atoms with Crippen molar-refractivity contribution in [2.24, 2.45) is 33.7 Å². The maximum absolute atomic E-state index is 12.7. The van der Waals surface area contributed by atoms with Crippen LogP contribution in [-0.2, 0) is 28.6 Å². The number of hydrogen-bond acceptors (Lipinski definition) is 8. The number of fused-ring (bicyclic) bond motifs is 5. The first kappa shape index (κ1) is 30.1. The van der Waals surface area contributed by atoms with E-state index in [0.717, 1.165) is 38.5 Å². The predicted molar refractivity (Wildman–Crippen MR) is 148 cm³/mol. The third kappa shape index (κ3) is 5.02. The van der Waals surface area contributed by atoms with Crippen LogP contribution in [0.3, 0.4) is 0 Å². The van der Waals surface area contributed by atoms with Gasteiger partial charge < -0.3 is 19.5 Å². The van der Waals surface area contributed by atoms with E-state index in [1.54, 1.807) is 13.8 Å². The molecule has 2 N–H and O–H groups in total. The second-order valence-electron chi connectivity index (χ2n) is 12.5. The van der Waals surface area contributed by atoms with Gasteiger partial charge in [0.05, 0.1) is 18.4 Å². The van der Waals surface area contributed by atoms with Crippen LogP contribution in [0.5, 0.6) is 0 Å². The molecule has 0 bridgehead atoms. The molecule has 3 saturated carbocycles. The van der Waals surface area contributed by atoms with Gasteiger partial charge in [-0.05, 0) is 75.5 Å². The fourth-order valence-electron chi connectivity index (χ4n) is 8.93. The number of nitrogens with zero attached hydrogens (tertiary/aromatic N) is 1. The highest BCUT2D eigenvalue weighted by molar-refractivity contribution is 5.96. The van der Waals surface area contributed by atoms with Crippen LogP contribution in [0.15, 0.2) is 16.8 Å². The van der Waals surface area contributed by atoms with E-state index in [1.165, 1.54) is 26.3 Å². The number of carbonyl (C=O) groups is 4. The molecular weight excluding hydrogens is 514 g/mol. The van der Waals surface area contributed by atoms with Gasteiger partial charge in [-0.2, -0.15) is 5.10 Å². The summed E-state index contributed by atoms with van der Waals surface area (Å²) in [7, 11) is 0. The Morgan fingerprint density at radius 1 is 1.02 bits per heavy atom. The van der Waals surface area contributed by atoms with E-state index in [2.05, 4.69) is 35.8 Å². The molecule has 10 heteroatoms. The van der Waals surface area contributed by atoms with Gasteiger partial charge in [0.25, 0.3) is 0 Å². The standard InChI is InChI=1S/C30H45N3O7/c1-8-38-27(37)33-32-17(2)30(40-20(5)36)26(31-18(3)34)16-25-23-10-9-21-15-22(39-19(4)35)11-13-28(21,6)24(23)12-14-29(25,30)7/h9,22-26H,8,10-16H2,1-7H3,(H,31,34)(H,33,37)/t22-,23+,24-,25-,26+,28-,29-,30+/m0/s1. The predicted octanol–water partition coefficient (Wildman–Crippen LogP) is 4.42. The van der Waals surface area contributed by atoms with Gasteiger partial charge in [-0.3, -0.25) is 14.4 Å². The lowest BCUT2D eigenvalue weighted by Crippen LogP contribution is -2.64. The highest BCUT2D eigenvalue weighted by Crippen LogP contribution is 2.68. The largest absolute Gasteiger partial charge is 0.462 e. The van der Waals surface area contributed by atoms with E-state index in [0.29, 0.717) is 24.0 Å². The molecule has 0 heterocycles. The van der Waals surface area contributed by atoms with Crippen LogP contribution in [0, 0.1) is 28.6 Å². The molecule has 0 saturated heterocycles. The summed E-state index contributed by atoms with van der Waals surface area (Å²) in [5, 5.41) is 7.46. The van der Waals surface area contributed by atoms with Gasteiger partial charge in [0.1, 0.15) is 6.10 Å². The summed E-state index contributed by atoms with van der Waals surface area (Å²) >= 11 is 0. The average Bonchev–Trinajstić information content (AvgIpc) is 3.10. The van der Waals surface area contributed by atoms with Gasteiger partial charge in [-0.25, -0.2) is 10.2 Å². The first-order valence-corrected chi connectivity index (χ1v) is 14.6. The molecule has 0 aromatic heterocycles. The number of carbonyl (C=O) groups excluding carboxylic acids is 4. The van der Waals surface area contributed by atoms with Gasteiger partial charge in [-0.15, -0.1) is 0 Å². The van der Waals surface area contributed by atoms with Crippen LogP contribution in [-0.4, -0.2) is 54.0 Å². The fraction of sp³-hybridized carbons (Fsp3) is 0.767. The summed E-state index contributed by atoms with van der Waals surface area (Å²) in [6.45, 7) is 12.5. The zero-order valence-electron chi connectivity index (χ0n) is 24.9. The van der Waals surface area contributed by atoms with Crippen molar-refractivity contribution in [3.8, 4) is 0 Å². The van der Waals surface area contributed by atoms with E-state index in [-0.39, 0.29) is 35.9 Å². The molecule has 0 unspecified atom stereocenters. The number of amides is 2. The molecule has 0 aliphatic heterocycles. The van der Waals surface area contributed by atoms with Gasteiger partial charge in [0.2, 0.25) is 5.91 Å². The van der Waals surface area contributed by atoms with E-state index in [4.69, 9.17) is 14.2 Å². The monoisotopic (exact) mass is 559 g/mol. The van der Waals surface area contributed by atoms with Crippen molar-refractivity contribution < 1.29 is 33.4 Å². The lowest BCUT2D eigenvalue weighted by molar-refractivity contribution is -0.169. The molecule has 4 aliphatic rings. The van der Waals surface area contributed by atoms with Crippen molar-refractivity contribution >= 4 is 29.7 Å². The summed E-state index contributed by atoms with van der Waals surface area (Å²) in [6.07, 6.45) is 7.37. The van der Waals surface area contributed by atoms with Gasteiger partial charge >= 0.3 is 18.0 Å². The third-order valence-electron chi connectivity index (χ3n) is 10.4. The Hall–Kier alpha value is -2.91. The number of allylic oxidation sites excluding steroid dienone is 1. The molecular formula is C30H45N3O7. The number of nitrogens with one attached hydrogen (secondary N) is 2. The molecule has 0 aromatic carbocycles. The van der Waals surface area contributed by atoms with Crippen molar-refractivity contribution in [3.05, 3.63) is 11.6 Å². The topological polar surface area (TPSA) is 132 Å². The van der Waals surface area contributed by atoms with E-state index in [1.807, 2.05) is 0 Å². The lowest BCUT2D eigenvalue weighted by Gasteiger charge is -2.59. The quantitative estimate of drug-likeness (QED) is 0.162. The second-order valence-corrected chi connectivity index (χ2v) is 12.5. The smallest absolute Gasteiger partial charge is 0.427 e. The van der Waals surface area contributed by atoms with Crippen LogP contribution < -0.4 is 10.7 Å². The molecule has 2 amide bonds. The Balaban J connectivity index is 1.74. The Morgan fingerprint density at radius 2 is 1.75 bits per heavy atom. The Labute approximate surface area is 237 Å². The molecule has 4 rings (SSSR count). The fourth-order valence-corrected chi connectivity index (χ4v) is 8.93. The van der Waals surface area contributed by atoms with E-state index < -0.39 is 29.1 Å². The summed E-state index contributed by atoms with van der Waals surface area (Å²) in [5.41, 5.74) is 2.48. The Bertz CT molecular complexity index is 1120. The molecule has 0 aromatic rings. The minimum Gasteiger partial charge on any atom is -0.462 e. The van der Waals surface area contributed by atoms with Crippen molar-refractivity contribution in [1.29, 1.82) is 0 Å². The zero-order chi connectivity index (χ0) is 29.5. The SMILES string of the molecule is CCOC(=O)NN=C(C)[C@@]1(OC(C)=O)[C@H](NC(C)=O)C[C@H]2[C@@H]3CC=C4C[C@@H](OC(C)=O)CC[C@]4(C)[C@H]3CC[C@@]21C. The summed E-state index contributed by atoms with van der Waals surface area (Å²) in [5.74, 6) is -0.0413. The summed E-state index contributed by atoms with van der Waals surface area (Å²) in [6, 6.07) is -0.506. The van der Waals surface area contributed by atoms with Gasteiger partial charge in [0, 0.05) is 32.6 Å². The van der Waals surface area contributed by atoms with Crippen LogP contribution in [0.1, 0.15) is 93.4 Å². The third-order valence-corrected chi connectivity index (χ3v) is 10.4. The van der Waals surface area contributed by atoms with E-state index >= 15 is 0 Å². The molecule has 0 spiro atoms. The molecule has 10 nitrogen and oxygen atoms in total. The van der Waals surface area contributed by atoms with E-state index in [9.17, 15) is 19.2 Å². The van der Waals surface area contributed by atoms with Gasteiger partial charge in [-0.1, -0.05) is 25.5 Å². The maximum atomic E-state index is 12.7. The van der Waals surface area contributed by atoms with Crippen molar-refractivity contribution in [3.63, 3.8) is 0 Å². The first-order chi connectivity index (χ1) is 18.8. The van der Waals surface area contributed by atoms with Crippen LogP contribution in [0.25, 0.3) is 0 Å². The van der Waals surface area contributed by atoms with Gasteiger partial charge in [0.15, 0.2) is 5.60 Å². The summed E-state index contributed by atoms with van der Waals surface area (Å²) in [4.78, 5) is 48.8. The number of rotatable bonds is 6. The molecule has 3 fully saturated rings. The maximum Gasteiger partial charge on any atom is 0.427 e. The molecule has 40 heavy (non-hydrogen) atoms. The zero-order valence-corrected chi connectivity index (χ0v) is 24.9. The highest BCUT2D eigenvalue weighted by atomic mass is 16.6. The first-order valence-electron chi connectivity index (χ1n) is 14.6. The number of ether oxygens (including phenoxy) is 3. The normalized spacial score (nSPS) is 38.5. The lowest BCUT2D eigenvalue weighted by atomic mass is 9.46. The van der Waals surface area contributed by atoms with Crippen LogP contribution in [0.4, 0.5) is 4.79 Å². The van der Waals surface area contributed by atoms with Crippen molar-refractivity contribution in [2.45, 2.75) is 111 Å². The average molecular weight is 560 g/mol. The molecule has 0 radical (unpaired) electrons. The number of hydrogen-bond donors (Lipinski definition) is 2. The molecule has 8 atom stereocenters. The van der Waals surface area contributed by atoms with Crippen molar-refractivity contribution in [2.75, 3.05) is 6.61 Å². The number of esters is 2. The van der Waals surface area contributed by atoms with Crippen LogP contribution in [0.2, 0.25) is 0 Å². The number of hydrazone groups is 1. The Morgan fingerprint density at radius 3 is 2.38 bits per heavy atom. The summed E-state index contributed by atoms with van der Waals surface area (Å²) < 4.78 is 16.8. The molecule has 4 aliphatic carbocycles. The minimum absolute atomic E-state index is 0.00563. The Kier molecular flexibility index (Phi) is 8.39. The second kappa shape index (κ2) is 11.2.